The van der Waals surface area contributed by atoms with Crippen molar-refractivity contribution >= 4 is 33.1 Å². The van der Waals surface area contributed by atoms with E-state index in [-0.39, 0.29) is 11.6 Å². The van der Waals surface area contributed by atoms with Crippen LogP contribution < -0.4 is 0 Å². The lowest BCUT2D eigenvalue weighted by molar-refractivity contribution is 0.100. The van der Waals surface area contributed by atoms with Crippen molar-refractivity contribution in [3.8, 4) is 0 Å². The van der Waals surface area contributed by atoms with Crippen molar-refractivity contribution in [1.29, 1.82) is 0 Å². The lowest BCUT2D eigenvalue weighted by Crippen LogP contribution is -2.17. The Kier molecular flexibility index (Phi) is 5.92. The van der Waals surface area contributed by atoms with Gasteiger partial charge in [0, 0.05) is 11.1 Å². The molecule has 0 saturated heterocycles. The second kappa shape index (κ2) is 8.54. The molecule has 0 aliphatic rings. The summed E-state index contributed by atoms with van der Waals surface area (Å²) in [6.45, 7) is 0. The molecule has 2 nitrogen and oxygen atoms in total. The first-order valence-corrected chi connectivity index (χ1v) is 9.18. The van der Waals surface area contributed by atoms with Crippen LogP contribution in [-0.2, 0) is 0 Å². The number of allylic oxidation sites excluding steroid dienone is 2. The lowest BCUT2D eigenvalue weighted by Gasteiger charge is -2.14. The van der Waals surface area contributed by atoms with Crippen LogP contribution in [0.3, 0.4) is 0 Å². The van der Waals surface area contributed by atoms with Gasteiger partial charge in [0.1, 0.15) is 4.83 Å². The third kappa shape index (κ3) is 4.24. The van der Waals surface area contributed by atoms with E-state index in [1.807, 2.05) is 66.7 Å². The molecule has 0 amide bonds. The Balaban J connectivity index is 2.00. The molecule has 0 aliphatic carbocycles. The summed E-state index contributed by atoms with van der Waals surface area (Å²) in [5, 5.41) is 0. The van der Waals surface area contributed by atoms with Crippen LogP contribution in [0, 0.1) is 0 Å². The van der Waals surface area contributed by atoms with E-state index >= 15 is 0 Å². The van der Waals surface area contributed by atoms with Crippen LogP contribution in [0.5, 0.6) is 0 Å². The summed E-state index contributed by atoms with van der Waals surface area (Å²) in [5.74, 6) is -0.212. The van der Waals surface area contributed by atoms with Gasteiger partial charge in [-0.3, -0.25) is 9.59 Å². The Hall–Kier alpha value is -2.78. The molecule has 0 spiro atoms. The van der Waals surface area contributed by atoms with Gasteiger partial charge in [-0.1, -0.05) is 107 Å². The van der Waals surface area contributed by atoms with Crippen LogP contribution in [0.25, 0.3) is 5.57 Å². The standard InChI is InChI=1S/C23H17BrO2/c24-22(23(26)19-14-8-3-9-15-19)20(17-10-4-1-5-11-17)16-21(25)18-12-6-2-7-13-18/h1-16,22H/b20-16+. The number of halogens is 1. The minimum Gasteiger partial charge on any atom is -0.293 e. The first kappa shape index (κ1) is 18.0. The molecule has 3 aromatic rings. The monoisotopic (exact) mass is 404 g/mol. The fraction of sp³-hybridized carbons (Fsp3) is 0.0435. The van der Waals surface area contributed by atoms with Crippen molar-refractivity contribution in [1.82, 2.24) is 0 Å². The third-order valence-corrected chi connectivity index (χ3v) is 4.92. The van der Waals surface area contributed by atoms with Gasteiger partial charge in [-0.05, 0) is 17.2 Å². The molecule has 0 bridgehead atoms. The van der Waals surface area contributed by atoms with Gasteiger partial charge in [0.25, 0.3) is 0 Å². The average molecular weight is 405 g/mol. The van der Waals surface area contributed by atoms with Crippen molar-refractivity contribution in [3.63, 3.8) is 0 Å². The van der Waals surface area contributed by atoms with Crippen LogP contribution in [0.2, 0.25) is 0 Å². The van der Waals surface area contributed by atoms with E-state index in [1.165, 1.54) is 0 Å². The van der Waals surface area contributed by atoms with Crippen LogP contribution in [0.1, 0.15) is 26.3 Å². The van der Waals surface area contributed by atoms with E-state index < -0.39 is 4.83 Å². The number of rotatable bonds is 6. The van der Waals surface area contributed by atoms with E-state index in [4.69, 9.17) is 0 Å². The summed E-state index contributed by atoms with van der Waals surface area (Å²) < 4.78 is 0. The number of ketones is 2. The summed E-state index contributed by atoms with van der Waals surface area (Å²) in [6, 6.07) is 27.6. The molecule has 26 heavy (non-hydrogen) atoms. The molecule has 3 aromatic carbocycles. The highest BCUT2D eigenvalue weighted by molar-refractivity contribution is 9.10. The fourth-order valence-electron chi connectivity index (χ4n) is 2.65. The number of carbonyl (C=O) groups is 2. The predicted molar refractivity (Wildman–Crippen MR) is 109 cm³/mol. The zero-order valence-corrected chi connectivity index (χ0v) is 15.6. The Bertz CT molecular complexity index is 916. The highest BCUT2D eigenvalue weighted by atomic mass is 79.9. The first-order valence-electron chi connectivity index (χ1n) is 8.26. The molecule has 0 aliphatic heterocycles. The van der Waals surface area contributed by atoms with Gasteiger partial charge < -0.3 is 0 Å². The first-order chi connectivity index (χ1) is 12.7. The van der Waals surface area contributed by atoms with Crippen molar-refractivity contribution in [2.45, 2.75) is 4.83 Å². The molecule has 3 heteroatoms. The molecule has 128 valence electrons. The van der Waals surface area contributed by atoms with Gasteiger partial charge in [-0.15, -0.1) is 0 Å². The normalized spacial score (nSPS) is 12.4. The highest BCUT2D eigenvalue weighted by Gasteiger charge is 2.23. The van der Waals surface area contributed by atoms with Crippen molar-refractivity contribution in [3.05, 3.63) is 114 Å². The zero-order chi connectivity index (χ0) is 18.4. The maximum atomic E-state index is 12.9. The van der Waals surface area contributed by atoms with E-state index in [0.29, 0.717) is 16.7 Å². The maximum Gasteiger partial charge on any atom is 0.186 e. The lowest BCUT2D eigenvalue weighted by atomic mass is 9.95. The van der Waals surface area contributed by atoms with Crippen molar-refractivity contribution in [2.75, 3.05) is 0 Å². The fourth-order valence-corrected chi connectivity index (χ4v) is 3.31. The van der Waals surface area contributed by atoms with Crippen molar-refractivity contribution < 1.29 is 9.59 Å². The topological polar surface area (TPSA) is 34.1 Å². The molecule has 0 radical (unpaired) electrons. The minimum absolute atomic E-state index is 0.0819. The Morgan fingerprint density at radius 2 is 1.08 bits per heavy atom. The quantitative estimate of drug-likeness (QED) is 0.304. The predicted octanol–water partition coefficient (Wildman–Crippen LogP) is 5.60. The van der Waals surface area contributed by atoms with E-state index in [1.54, 1.807) is 30.3 Å². The molecule has 0 heterocycles. The second-order valence-electron chi connectivity index (χ2n) is 5.79. The highest BCUT2D eigenvalue weighted by Crippen LogP contribution is 2.27. The van der Waals surface area contributed by atoms with Crippen LogP contribution in [0.15, 0.2) is 97.1 Å². The number of hydrogen-bond donors (Lipinski definition) is 0. The molecule has 0 N–H and O–H groups in total. The molecular formula is C23H17BrO2. The molecule has 1 atom stereocenters. The summed E-state index contributed by atoms with van der Waals surface area (Å²) in [4.78, 5) is 25.0. The number of alkyl halides is 1. The van der Waals surface area contributed by atoms with Gasteiger partial charge in [-0.2, -0.15) is 0 Å². The van der Waals surface area contributed by atoms with Crippen LogP contribution >= 0.6 is 15.9 Å². The van der Waals surface area contributed by atoms with Crippen molar-refractivity contribution in [2.24, 2.45) is 0 Å². The second-order valence-corrected chi connectivity index (χ2v) is 6.70. The van der Waals surface area contributed by atoms with Gasteiger partial charge in [0.05, 0.1) is 0 Å². The molecule has 3 rings (SSSR count). The molecule has 1 unspecified atom stereocenters. The maximum absolute atomic E-state index is 12.9. The van der Waals surface area contributed by atoms with E-state index in [9.17, 15) is 9.59 Å². The summed E-state index contributed by atoms with van der Waals surface area (Å²) in [6.07, 6.45) is 1.55. The number of Topliss-reactive ketones (excluding diaryl/α,β-unsaturated/α-hetero) is 1. The Labute approximate surface area is 161 Å². The molecular weight excluding hydrogens is 388 g/mol. The van der Waals surface area contributed by atoms with Crippen LogP contribution in [0.4, 0.5) is 0 Å². The minimum atomic E-state index is -0.611. The van der Waals surface area contributed by atoms with Gasteiger partial charge in [0.15, 0.2) is 11.6 Å². The van der Waals surface area contributed by atoms with Crippen LogP contribution in [-0.4, -0.2) is 16.4 Å². The van der Waals surface area contributed by atoms with Gasteiger partial charge >= 0.3 is 0 Å². The average Bonchev–Trinajstić information content (AvgIpc) is 2.72. The summed E-state index contributed by atoms with van der Waals surface area (Å²) in [5.41, 5.74) is 2.67. The zero-order valence-electron chi connectivity index (χ0n) is 14.0. The Morgan fingerprint density at radius 3 is 1.58 bits per heavy atom. The number of hydrogen-bond acceptors (Lipinski definition) is 2. The Morgan fingerprint density at radius 1 is 0.654 bits per heavy atom. The molecule has 0 saturated carbocycles. The smallest absolute Gasteiger partial charge is 0.186 e. The largest absolute Gasteiger partial charge is 0.293 e. The van der Waals surface area contributed by atoms with E-state index in [0.717, 1.165) is 5.56 Å². The van der Waals surface area contributed by atoms with Gasteiger partial charge in [0.2, 0.25) is 0 Å². The third-order valence-electron chi connectivity index (χ3n) is 4.01. The molecule has 0 fully saturated rings. The summed E-state index contributed by atoms with van der Waals surface area (Å²) in [7, 11) is 0. The SMILES string of the molecule is O=C(/C=C(\c1ccccc1)C(Br)C(=O)c1ccccc1)c1ccccc1. The van der Waals surface area contributed by atoms with E-state index in [2.05, 4.69) is 15.9 Å². The summed E-state index contributed by atoms with van der Waals surface area (Å²) >= 11 is 3.51. The molecule has 0 aromatic heterocycles. The van der Waals surface area contributed by atoms with Gasteiger partial charge in [-0.25, -0.2) is 0 Å². The number of benzene rings is 3. The number of carbonyl (C=O) groups excluding carboxylic acids is 2.